The van der Waals surface area contributed by atoms with Gasteiger partial charge in [0.15, 0.2) is 0 Å². The zero-order valence-corrected chi connectivity index (χ0v) is 14.0. The molecule has 0 saturated carbocycles. The molecule has 2 rings (SSSR count). The quantitative estimate of drug-likeness (QED) is 0.470. The summed E-state index contributed by atoms with van der Waals surface area (Å²) in [5, 5.41) is 3.35. The number of benzene rings is 1. The lowest BCUT2D eigenvalue weighted by atomic mass is 10.2. The van der Waals surface area contributed by atoms with Crippen molar-refractivity contribution in [3.63, 3.8) is 0 Å². The largest absolute Gasteiger partial charge is 0.369 e. The van der Waals surface area contributed by atoms with E-state index in [1.165, 1.54) is 4.90 Å². The van der Waals surface area contributed by atoms with Crippen LogP contribution in [0.3, 0.4) is 0 Å². The zero-order chi connectivity index (χ0) is 14.4. The fourth-order valence-corrected chi connectivity index (χ4v) is 2.84. The molecule has 3 nitrogen and oxygen atoms in total. The maximum atomic E-state index is 4.52. The molecule has 5 heteroatoms. The predicted octanol–water partition coefficient (Wildman–Crippen LogP) is 4.57. The normalized spacial score (nSPS) is 10.8. The first kappa shape index (κ1) is 15.3. The highest BCUT2D eigenvalue weighted by Crippen LogP contribution is 2.19. The van der Waals surface area contributed by atoms with Crippen molar-refractivity contribution in [2.45, 2.75) is 24.7 Å². The Bertz CT molecular complexity index is 546. The third-order valence-corrected chi connectivity index (χ3v) is 4.07. The van der Waals surface area contributed by atoms with Gasteiger partial charge < -0.3 is 5.32 Å². The Morgan fingerprint density at radius 2 is 1.95 bits per heavy atom. The Hall–Kier alpha value is -1.07. The Morgan fingerprint density at radius 3 is 2.65 bits per heavy atom. The van der Waals surface area contributed by atoms with E-state index in [1.807, 2.05) is 23.9 Å². The lowest BCUT2D eigenvalue weighted by molar-refractivity contribution is 0.770. The fourth-order valence-electron chi connectivity index (χ4n) is 1.65. The van der Waals surface area contributed by atoms with Crippen molar-refractivity contribution in [1.82, 2.24) is 9.97 Å². The molecule has 106 valence electrons. The van der Waals surface area contributed by atoms with Crippen LogP contribution in [0.25, 0.3) is 0 Å². The molecule has 0 fully saturated rings. The monoisotopic (exact) mass is 351 g/mol. The van der Waals surface area contributed by atoms with E-state index in [-0.39, 0.29) is 0 Å². The van der Waals surface area contributed by atoms with Gasteiger partial charge in [0.1, 0.15) is 16.2 Å². The summed E-state index contributed by atoms with van der Waals surface area (Å²) in [6.07, 6.45) is 0. The Balaban J connectivity index is 1.85. The van der Waals surface area contributed by atoms with Crippen LogP contribution in [-0.4, -0.2) is 22.3 Å². The van der Waals surface area contributed by atoms with Gasteiger partial charge in [-0.3, -0.25) is 0 Å². The van der Waals surface area contributed by atoms with Gasteiger partial charge in [-0.2, -0.15) is 0 Å². The van der Waals surface area contributed by atoms with Crippen LogP contribution in [0.1, 0.15) is 25.6 Å². The predicted molar refractivity (Wildman–Crippen MR) is 89.5 cm³/mol. The van der Waals surface area contributed by atoms with Crippen molar-refractivity contribution in [2.24, 2.45) is 0 Å². The van der Waals surface area contributed by atoms with Crippen molar-refractivity contribution in [2.75, 3.05) is 17.6 Å². The van der Waals surface area contributed by atoms with Gasteiger partial charge in [0.2, 0.25) is 0 Å². The van der Waals surface area contributed by atoms with Crippen LogP contribution in [0, 0.1) is 0 Å². The minimum Gasteiger partial charge on any atom is -0.369 e. The highest BCUT2D eigenvalue weighted by molar-refractivity contribution is 9.10. The molecule has 0 saturated heterocycles. The van der Waals surface area contributed by atoms with Crippen LogP contribution in [0.5, 0.6) is 0 Å². The number of nitrogens with one attached hydrogen (secondary N) is 1. The standard InChI is InChI=1S/C15H18BrN3S/c1-11(2)15-18-13(16)10-14(19-15)17-8-9-20-12-6-4-3-5-7-12/h3-7,10-11H,8-9H2,1-2H3,(H,17,18,19). The third-order valence-electron chi connectivity index (χ3n) is 2.65. The number of rotatable bonds is 6. The number of aromatic nitrogens is 2. The molecule has 1 N–H and O–H groups in total. The molecule has 0 aliphatic carbocycles. The van der Waals surface area contributed by atoms with Gasteiger partial charge in [0.25, 0.3) is 0 Å². The molecule has 0 aliphatic heterocycles. The Labute approximate surface area is 132 Å². The minimum atomic E-state index is 0.326. The first-order chi connectivity index (χ1) is 9.65. The van der Waals surface area contributed by atoms with E-state index in [1.54, 1.807) is 0 Å². The number of anilines is 1. The van der Waals surface area contributed by atoms with Crippen LogP contribution in [0.15, 0.2) is 45.9 Å². The highest BCUT2D eigenvalue weighted by Gasteiger charge is 2.06. The van der Waals surface area contributed by atoms with Gasteiger partial charge in [0, 0.05) is 29.2 Å². The Kier molecular flexibility index (Phi) is 5.86. The summed E-state index contributed by atoms with van der Waals surface area (Å²) in [6, 6.07) is 12.3. The number of halogens is 1. The van der Waals surface area contributed by atoms with E-state index in [9.17, 15) is 0 Å². The lowest BCUT2D eigenvalue weighted by Gasteiger charge is -2.09. The van der Waals surface area contributed by atoms with E-state index < -0.39 is 0 Å². The fraction of sp³-hybridized carbons (Fsp3) is 0.333. The SMILES string of the molecule is CC(C)c1nc(Br)cc(NCCSc2ccccc2)n1. The summed E-state index contributed by atoms with van der Waals surface area (Å²) < 4.78 is 0.828. The Morgan fingerprint density at radius 1 is 1.20 bits per heavy atom. The zero-order valence-electron chi connectivity index (χ0n) is 11.6. The molecule has 2 aromatic rings. The molecule has 20 heavy (non-hydrogen) atoms. The molecule has 1 heterocycles. The molecule has 0 radical (unpaired) electrons. The van der Waals surface area contributed by atoms with Gasteiger partial charge in [-0.1, -0.05) is 32.0 Å². The summed E-state index contributed by atoms with van der Waals surface area (Å²) in [5.74, 6) is 3.07. The van der Waals surface area contributed by atoms with Gasteiger partial charge in [-0.15, -0.1) is 11.8 Å². The maximum absolute atomic E-state index is 4.52. The second-order valence-electron chi connectivity index (χ2n) is 4.68. The first-order valence-electron chi connectivity index (χ1n) is 6.61. The van der Waals surface area contributed by atoms with Crippen LogP contribution >= 0.6 is 27.7 Å². The van der Waals surface area contributed by atoms with E-state index in [2.05, 4.69) is 69.3 Å². The van der Waals surface area contributed by atoms with E-state index in [0.29, 0.717) is 5.92 Å². The summed E-state index contributed by atoms with van der Waals surface area (Å²) >= 11 is 5.27. The molecular formula is C15H18BrN3S. The minimum absolute atomic E-state index is 0.326. The van der Waals surface area contributed by atoms with Crippen LogP contribution in [0.4, 0.5) is 5.82 Å². The van der Waals surface area contributed by atoms with Crippen molar-refractivity contribution in [3.05, 3.63) is 46.8 Å². The van der Waals surface area contributed by atoms with Gasteiger partial charge in [-0.05, 0) is 28.1 Å². The number of nitrogens with zero attached hydrogens (tertiary/aromatic N) is 2. The van der Waals surface area contributed by atoms with Crippen LogP contribution in [0.2, 0.25) is 0 Å². The summed E-state index contributed by atoms with van der Waals surface area (Å²) in [5.41, 5.74) is 0. The molecule has 0 aliphatic rings. The molecule has 1 aromatic heterocycles. The van der Waals surface area contributed by atoms with Gasteiger partial charge in [0.05, 0.1) is 0 Å². The summed E-state index contributed by atoms with van der Waals surface area (Å²) in [4.78, 5) is 10.2. The first-order valence-corrected chi connectivity index (χ1v) is 8.39. The summed E-state index contributed by atoms with van der Waals surface area (Å²) in [7, 11) is 0. The molecule has 0 amide bonds. The highest BCUT2D eigenvalue weighted by atomic mass is 79.9. The average molecular weight is 352 g/mol. The molecular weight excluding hydrogens is 334 g/mol. The number of hydrogen-bond acceptors (Lipinski definition) is 4. The van der Waals surface area contributed by atoms with E-state index in [4.69, 9.17) is 0 Å². The second kappa shape index (κ2) is 7.64. The molecule has 0 bridgehead atoms. The van der Waals surface area contributed by atoms with Crippen molar-refractivity contribution < 1.29 is 0 Å². The lowest BCUT2D eigenvalue weighted by Crippen LogP contribution is -2.08. The van der Waals surface area contributed by atoms with Crippen LogP contribution in [-0.2, 0) is 0 Å². The molecule has 0 atom stereocenters. The molecule has 0 spiro atoms. The summed E-state index contributed by atoms with van der Waals surface area (Å²) in [6.45, 7) is 5.06. The number of hydrogen-bond donors (Lipinski definition) is 1. The number of thioether (sulfide) groups is 1. The average Bonchev–Trinajstić information content (AvgIpc) is 2.44. The second-order valence-corrected chi connectivity index (χ2v) is 6.66. The molecule has 0 unspecified atom stereocenters. The maximum Gasteiger partial charge on any atom is 0.134 e. The van der Waals surface area contributed by atoms with Gasteiger partial charge >= 0.3 is 0 Å². The third kappa shape index (κ3) is 4.80. The van der Waals surface area contributed by atoms with Crippen molar-refractivity contribution in [3.8, 4) is 0 Å². The van der Waals surface area contributed by atoms with E-state index in [0.717, 1.165) is 28.5 Å². The smallest absolute Gasteiger partial charge is 0.134 e. The van der Waals surface area contributed by atoms with Crippen molar-refractivity contribution in [1.29, 1.82) is 0 Å². The topological polar surface area (TPSA) is 37.8 Å². The van der Waals surface area contributed by atoms with Gasteiger partial charge in [-0.25, -0.2) is 9.97 Å². The van der Waals surface area contributed by atoms with Crippen molar-refractivity contribution >= 4 is 33.5 Å². The molecule has 1 aromatic carbocycles. The van der Waals surface area contributed by atoms with Crippen LogP contribution < -0.4 is 5.32 Å². The van der Waals surface area contributed by atoms with E-state index >= 15 is 0 Å².